The first kappa shape index (κ1) is 50.9. The number of hydrogen-bond donors (Lipinski definition) is 1. The molecule has 12 rings (SSSR count). The molecule has 0 amide bonds. The van der Waals surface area contributed by atoms with Crippen LogP contribution in [0.2, 0.25) is 0 Å². The normalized spacial score (nSPS) is 18.9. The molecule has 77 heavy (non-hydrogen) atoms. The first-order valence-electron chi connectivity index (χ1n) is 28.0. The molecule has 2 heterocycles. The Labute approximate surface area is 454 Å². The smallest absolute Gasteiger partial charge is 0.221 e. The molecule has 1 N–H and O–H groups in total. The minimum absolute atomic E-state index is 0.0126. The second-order valence-electron chi connectivity index (χ2n) is 22.0. The van der Waals surface area contributed by atoms with Crippen molar-refractivity contribution in [2.24, 2.45) is 0 Å². The van der Waals surface area contributed by atoms with Crippen LogP contribution >= 0.6 is 0 Å². The van der Waals surface area contributed by atoms with Crippen LogP contribution < -0.4 is 9.47 Å². The van der Waals surface area contributed by atoms with E-state index in [1.807, 2.05) is 12.1 Å². The quantitative estimate of drug-likeness (QED) is 0.0505. The number of unbranched alkanes of at least 4 members (excludes halogenated alkanes) is 2. The average molecular weight is 1020 g/mol. The molecule has 0 bridgehead atoms. The second-order valence-corrected chi connectivity index (χ2v) is 22.0. The molecular formula is C70H70O7. The summed E-state index contributed by atoms with van der Waals surface area (Å²) in [7, 11) is 0. The Hall–Kier alpha value is -6.84. The van der Waals surface area contributed by atoms with E-state index in [4.69, 9.17) is 28.4 Å². The zero-order valence-electron chi connectivity index (χ0n) is 44.9. The third-order valence-electron chi connectivity index (χ3n) is 17.0. The minimum atomic E-state index is -1.20. The van der Waals surface area contributed by atoms with Gasteiger partial charge in [0.2, 0.25) is 6.29 Å². The SMILES string of the molecule is CCCCC(C)(OCC(O)Oc1ccc(C2(c3ccc(C(C)(CCCC)OCC4CO4)cc3)c3ccccc3-c3ccccc32)cc1)c1ccc(C2(c3ccc(OCC4CO4)cc3)c3ccccc3-c3ccccc32)cc1. The van der Waals surface area contributed by atoms with Crippen LogP contribution in [0.25, 0.3) is 22.3 Å². The molecule has 392 valence electrons. The maximum atomic E-state index is 11.7. The van der Waals surface area contributed by atoms with Crippen molar-refractivity contribution in [3.63, 3.8) is 0 Å². The topological polar surface area (TPSA) is 82.2 Å². The summed E-state index contributed by atoms with van der Waals surface area (Å²) < 4.78 is 36.9. The molecule has 0 aromatic heterocycles. The maximum absolute atomic E-state index is 11.7. The number of rotatable bonds is 23. The van der Waals surface area contributed by atoms with Gasteiger partial charge < -0.3 is 33.5 Å². The van der Waals surface area contributed by atoms with Crippen LogP contribution in [0, 0.1) is 0 Å². The van der Waals surface area contributed by atoms with E-state index < -0.39 is 28.3 Å². The van der Waals surface area contributed by atoms with E-state index in [2.05, 4.69) is 210 Å². The van der Waals surface area contributed by atoms with Crippen molar-refractivity contribution >= 4 is 0 Å². The van der Waals surface area contributed by atoms with Gasteiger partial charge in [-0.15, -0.1) is 0 Å². The van der Waals surface area contributed by atoms with Crippen molar-refractivity contribution in [2.75, 3.05) is 33.0 Å². The summed E-state index contributed by atoms with van der Waals surface area (Å²) >= 11 is 0. The van der Waals surface area contributed by atoms with Crippen LogP contribution in [0.15, 0.2) is 194 Å². The summed E-state index contributed by atoms with van der Waals surface area (Å²) in [6.07, 6.45) is 5.04. The molecule has 2 saturated heterocycles. The van der Waals surface area contributed by atoms with Crippen molar-refractivity contribution in [3.8, 4) is 33.8 Å². The van der Waals surface area contributed by atoms with Crippen molar-refractivity contribution in [3.05, 3.63) is 250 Å². The van der Waals surface area contributed by atoms with E-state index in [0.29, 0.717) is 19.0 Å². The highest BCUT2D eigenvalue weighted by atomic mass is 16.6. The van der Waals surface area contributed by atoms with Crippen LogP contribution in [-0.4, -0.2) is 56.6 Å². The Kier molecular flexibility index (Phi) is 14.0. The summed E-state index contributed by atoms with van der Waals surface area (Å²) in [6, 6.07) is 70.2. The number of fused-ring (bicyclic) bond motifs is 6. The molecule has 8 aromatic rings. The standard InChI is InChI=1S/C70H70O7/c1-5-7-41-67(3,75-46-57-45-74-57)48-25-29-51(30-26-48)70(64-23-15-11-19-60(64)61-20-12-16-24-65(61)70)53-35-39-55(40-36-53)77-66(71)47-76-68(4,42-8-6-2)49-27-31-50(32-28-49)69(52-33-37-54(38-34-52)72-43-56-44-73-56)62-21-13-9-17-58(62)59-18-10-14-22-63(59)69/h9-40,56-57,66,71H,5-8,41-47H2,1-4H3. The first-order valence-corrected chi connectivity index (χ1v) is 28.0. The summed E-state index contributed by atoms with van der Waals surface area (Å²) in [5.74, 6) is 1.40. The molecule has 5 atom stereocenters. The average Bonchev–Trinajstić information content (AvgIpc) is 4.60. The highest BCUT2D eigenvalue weighted by Gasteiger charge is 2.48. The van der Waals surface area contributed by atoms with Crippen LogP contribution in [0.1, 0.15) is 122 Å². The van der Waals surface area contributed by atoms with E-state index in [-0.39, 0.29) is 18.8 Å². The Balaban J connectivity index is 0.812. The largest absolute Gasteiger partial charge is 0.491 e. The van der Waals surface area contributed by atoms with Gasteiger partial charge in [-0.25, -0.2) is 0 Å². The summed E-state index contributed by atoms with van der Waals surface area (Å²) in [5.41, 5.74) is 14.5. The lowest BCUT2D eigenvalue weighted by Gasteiger charge is -2.36. The van der Waals surface area contributed by atoms with Crippen LogP contribution in [0.4, 0.5) is 0 Å². The van der Waals surface area contributed by atoms with Crippen molar-refractivity contribution in [1.82, 2.24) is 0 Å². The monoisotopic (exact) mass is 1020 g/mol. The van der Waals surface area contributed by atoms with Crippen molar-refractivity contribution < 1.29 is 33.5 Å². The Morgan fingerprint density at radius 1 is 0.468 bits per heavy atom. The highest BCUT2D eigenvalue weighted by molar-refractivity contribution is 5.87. The summed E-state index contributed by atoms with van der Waals surface area (Å²) in [6.45, 7) is 11.5. The lowest BCUT2D eigenvalue weighted by molar-refractivity contribution is -0.134. The Bertz CT molecular complexity index is 3230. The van der Waals surface area contributed by atoms with Gasteiger partial charge in [-0.05, 0) is 129 Å². The van der Waals surface area contributed by atoms with Gasteiger partial charge in [-0.2, -0.15) is 0 Å². The van der Waals surface area contributed by atoms with Gasteiger partial charge in [0.15, 0.2) is 0 Å². The van der Waals surface area contributed by atoms with E-state index in [0.717, 1.165) is 68.6 Å². The molecular weight excluding hydrogens is 953 g/mol. The number of aliphatic hydroxyl groups excluding tert-OH is 1. The Morgan fingerprint density at radius 3 is 1.21 bits per heavy atom. The zero-order chi connectivity index (χ0) is 52.6. The third kappa shape index (κ3) is 9.40. The minimum Gasteiger partial charge on any atom is -0.491 e. The third-order valence-corrected chi connectivity index (χ3v) is 17.0. The zero-order valence-corrected chi connectivity index (χ0v) is 44.9. The van der Waals surface area contributed by atoms with E-state index in [9.17, 15) is 5.11 Å². The number of aliphatic hydroxyl groups is 1. The predicted molar refractivity (Wildman–Crippen MR) is 305 cm³/mol. The molecule has 7 nitrogen and oxygen atoms in total. The Morgan fingerprint density at radius 2 is 0.818 bits per heavy atom. The van der Waals surface area contributed by atoms with Crippen LogP contribution in [0.3, 0.4) is 0 Å². The molecule has 0 spiro atoms. The fourth-order valence-electron chi connectivity index (χ4n) is 12.6. The molecule has 4 aliphatic rings. The molecule has 2 aliphatic heterocycles. The lowest BCUT2D eigenvalue weighted by atomic mass is 9.67. The van der Waals surface area contributed by atoms with E-state index in [1.54, 1.807) is 0 Å². The second kappa shape index (κ2) is 21.2. The predicted octanol–water partition coefficient (Wildman–Crippen LogP) is 14.8. The number of benzene rings is 8. The molecule has 0 saturated carbocycles. The first-order chi connectivity index (χ1) is 37.7. The number of ether oxygens (including phenoxy) is 6. The lowest BCUT2D eigenvalue weighted by Crippen LogP contribution is -2.33. The molecule has 5 unspecified atom stereocenters. The molecule has 2 fully saturated rings. The fourth-order valence-corrected chi connectivity index (χ4v) is 12.6. The highest BCUT2D eigenvalue weighted by Crippen LogP contribution is 2.58. The van der Waals surface area contributed by atoms with E-state index >= 15 is 0 Å². The van der Waals surface area contributed by atoms with Crippen LogP contribution in [-0.2, 0) is 41.0 Å². The van der Waals surface area contributed by atoms with Gasteiger partial charge in [0, 0.05) is 0 Å². The van der Waals surface area contributed by atoms with Gasteiger partial charge in [0.25, 0.3) is 0 Å². The van der Waals surface area contributed by atoms with Crippen LogP contribution in [0.5, 0.6) is 11.5 Å². The number of epoxide rings is 2. The van der Waals surface area contributed by atoms with Gasteiger partial charge in [0.1, 0.15) is 36.9 Å². The molecule has 2 aliphatic carbocycles. The molecule has 7 heteroatoms. The van der Waals surface area contributed by atoms with Gasteiger partial charge >= 0.3 is 0 Å². The van der Waals surface area contributed by atoms with Gasteiger partial charge in [0.05, 0.1) is 41.9 Å². The molecule has 0 radical (unpaired) electrons. The van der Waals surface area contributed by atoms with Gasteiger partial charge in [-0.3, -0.25) is 0 Å². The summed E-state index contributed by atoms with van der Waals surface area (Å²) in [5, 5.41) is 11.7. The van der Waals surface area contributed by atoms with E-state index in [1.165, 1.54) is 66.8 Å². The fraction of sp³-hybridized carbons (Fsp3) is 0.314. The maximum Gasteiger partial charge on any atom is 0.221 e. The molecule has 8 aromatic carbocycles. The number of hydrogen-bond acceptors (Lipinski definition) is 7. The summed E-state index contributed by atoms with van der Waals surface area (Å²) in [4.78, 5) is 0. The van der Waals surface area contributed by atoms with Crippen molar-refractivity contribution in [1.29, 1.82) is 0 Å². The van der Waals surface area contributed by atoms with Crippen molar-refractivity contribution in [2.45, 2.75) is 107 Å². The van der Waals surface area contributed by atoms with Gasteiger partial charge in [-0.1, -0.05) is 209 Å².